The van der Waals surface area contributed by atoms with Crippen LogP contribution in [0.1, 0.15) is 6.92 Å². The molecule has 16 heavy (non-hydrogen) atoms. The van der Waals surface area contributed by atoms with Crippen LogP contribution in [0.25, 0.3) is 0 Å². The molecule has 0 spiro atoms. The quantitative estimate of drug-likeness (QED) is 0.314. The van der Waals surface area contributed by atoms with Crippen molar-refractivity contribution in [1.29, 1.82) is 0 Å². The number of hydrogen-bond donors (Lipinski definition) is 6. The van der Waals surface area contributed by atoms with Gasteiger partial charge < -0.3 is 34.5 Å². The fourth-order valence-corrected chi connectivity index (χ4v) is 2.49. The van der Waals surface area contributed by atoms with E-state index < -0.39 is 39.6 Å². The average molecular weight is 280 g/mol. The zero-order valence-corrected chi connectivity index (χ0v) is 10.1. The van der Waals surface area contributed by atoms with E-state index in [1.54, 1.807) is 0 Å². The Morgan fingerprint density at radius 2 is 1.56 bits per heavy atom. The molecule has 0 fully saturated rings. The highest BCUT2D eigenvalue weighted by Crippen LogP contribution is 2.69. The first-order valence-electron chi connectivity index (χ1n) is 4.00. The molecule has 0 aromatic rings. The SMILES string of the molecule is CC(OCC(O)CO)(P(=O)(O)O)P(=O)(O)O. The van der Waals surface area contributed by atoms with Gasteiger partial charge in [0.05, 0.1) is 13.2 Å². The Labute approximate surface area is 91.0 Å². The summed E-state index contributed by atoms with van der Waals surface area (Å²) in [4.78, 5) is 35.2. The molecule has 0 radical (unpaired) electrons. The smallest absolute Gasteiger partial charge is 0.369 e. The molecule has 0 saturated heterocycles. The Hall–Kier alpha value is 0.180. The van der Waals surface area contributed by atoms with E-state index in [0.29, 0.717) is 6.92 Å². The molecule has 0 aliphatic heterocycles. The highest BCUT2D eigenvalue weighted by molar-refractivity contribution is 7.72. The molecule has 1 atom stereocenters. The molecule has 9 nitrogen and oxygen atoms in total. The molecule has 98 valence electrons. The van der Waals surface area contributed by atoms with Crippen LogP contribution >= 0.6 is 15.2 Å². The number of ether oxygens (including phenoxy) is 1. The maximum atomic E-state index is 10.9. The van der Waals surface area contributed by atoms with Gasteiger partial charge in [0.1, 0.15) is 6.10 Å². The maximum absolute atomic E-state index is 10.9. The largest absolute Gasteiger partial charge is 0.394 e. The number of aliphatic hydroxyl groups excluding tert-OH is 2. The lowest BCUT2D eigenvalue weighted by atomic mass is 10.4. The van der Waals surface area contributed by atoms with E-state index in [1.807, 2.05) is 0 Å². The van der Waals surface area contributed by atoms with Crippen molar-refractivity contribution < 1.29 is 43.7 Å². The van der Waals surface area contributed by atoms with Crippen LogP contribution in [-0.2, 0) is 13.9 Å². The minimum Gasteiger partial charge on any atom is -0.394 e. The Kier molecular flexibility index (Phi) is 5.28. The maximum Gasteiger partial charge on any atom is 0.369 e. The van der Waals surface area contributed by atoms with Gasteiger partial charge in [-0.05, 0) is 6.92 Å². The Bertz CT molecular complexity index is 294. The summed E-state index contributed by atoms with van der Waals surface area (Å²) in [5.74, 6) is 0. The van der Waals surface area contributed by atoms with Gasteiger partial charge in [0, 0.05) is 0 Å². The Balaban J connectivity index is 5.00. The summed E-state index contributed by atoms with van der Waals surface area (Å²) in [7, 11) is -10.5. The van der Waals surface area contributed by atoms with Gasteiger partial charge >= 0.3 is 15.2 Å². The molecule has 0 aromatic carbocycles. The third-order valence-electron chi connectivity index (χ3n) is 1.84. The normalized spacial score (nSPS) is 16.2. The lowest BCUT2D eigenvalue weighted by Gasteiger charge is -2.31. The zero-order chi connectivity index (χ0) is 13.2. The van der Waals surface area contributed by atoms with Crippen LogP contribution in [0.15, 0.2) is 0 Å². The lowest BCUT2D eigenvalue weighted by Crippen LogP contribution is -2.33. The van der Waals surface area contributed by atoms with Crippen molar-refractivity contribution in [1.82, 2.24) is 0 Å². The van der Waals surface area contributed by atoms with Crippen LogP contribution in [0, 0.1) is 0 Å². The summed E-state index contributed by atoms with van der Waals surface area (Å²) in [5, 5.41) is 14.3. The molecule has 6 N–H and O–H groups in total. The van der Waals surface area contributed by atoms with E-state index in [0.717, 1.165) is 0 Å². The van der Waals surface area contributed by atoms with Crippen LogP contribution in [0.4, 0.5) is 0 Å². The predicted molar refractivity (Wildman–Crippen MR) is 51.5 cm³/mol. The number of hydrogen-bond acceptors (Lipinski definition) is 5. The van der Waals surface area contributed by atoms with Crippen molar-refractivity contribution in [3.05, 3.63) is 0 Å². The van der Waals surface area contributed by atoms with E-state index in [2.05, 4.69) is 4.74 Å². The number of rotatable bonds is 6. The molecule has 0 rings (SSSR count). The minimum atomic E-state index is -5.25. The average Bonchev–Trinajstić information content (AvgIpc) is 2.09. The van der Waals surface area contributed by atoms with Crippen molar-refractivity contribution in [3.8, 4) is 0 Å². The van der Waals surface area contributed by atoms with Crippen molar-refractivity contribution in [2.45, 2.75) is 18.1 Å². The molecule has 0 heterocycles. The third kappa shape index (κ3) is 3.59. The highest BCUT2D eigenvalue weighted by Gasteiger charge is 2.58. The summed E-state index contributed by atoms with van der Waals surface area (Å²) in [6.07, 6.45) is -1.49. The van der Waals surface area contributed by atoms with E-state index in [9.17, 15) is 9.13 Å². The fourth-order valence-electron chi connectivity index (χ4n) is 0.645. The van der Waals surface area contributed by atoms with Gasteiger partial charge in [0.2, 0.25) is 0 Å². The van der Waals surface area contributed by atoms with Crippen LogP contribution in [0.2, 0.25) is 0 Å². The van der Waals surface area contributed by atoms with Crippen molar-refractivity contribution in [2.24, 2.45) is 0 Å². The van der Waals surface area contributed by atoms with Crippen LogP contribution in [-0.4, -0.2) is 54.2 Å². The van der Waals surface area contributed by atoms with Crippen molar-refractivity contribution in [2.75, 3.05) is 13.2 Å². The third-order valence-corrected chi connectivity index (χ3v) is 5.82. The fraction of sp³-hybridized carbons (Fsp3) is 1.00. The van der Waals surface area contributed by atoms with Crippen molar-refractivity contribution >= 4 is 15.2 Å². The highest BCUT2D eigenvalue weighted by atomic mass is 31.2. The molecule has 0 aliphatic carbocycles. The molecule has 0 amide bonds. The van der Waals surface area contributed by atoms with Gasteiger partial charge in [-0.25, -0.2) is 0 Å². The lowest BCUT2D eigenvalue weighted by molar-refractivity contribution is -0.0275. The summed E-state index contributed by atoms with van der Waals surface area (Å²) in [5.41, 5.74) is 0. The summed E-state index contributed by atoms with van der Waals surface area (Å²) < 4.78 is 26.2. The minimum absolute atomic E-state index is 0.540. The Morgan fingerprint density at radius 3 is 1.81 bits per heavy atom. The molecule has 0 bridgehead atoms. The molecular weight excluding hydrogens is 266 g/mol. The second kappa shape index (κ2) is 5.22. The van der Waals surface area contributed by atoms with Gasteiger partial charge in [-0.3, -0.25) is 9.13 Å². The van der Waals surface area contributed by atoms with Crippen LogP contribution in [0.3, 0.4) is 0 Å². The molecular formula is C5H14O9P2. The second-order valence-electron chi connectivity index (χ2n) is 3.17. The van der Waals surface area contributed by atoms with Crippen LogP contribution < -0.4 is 0 Å². The van der Waals surface area contributed by atoms with E-state index >= 15 is 0 Å². The molecule has 0 aromatic heterocycles. The van der Waals surface area contributed by atoms with E-state index in [-0.39, 0.29) is 0 Å². The molecule has 0 aliphatic rings. The monoisotopic (exact) mass is 280 g/mol. The van der Waals surface area contributed by atoms with Gasteiger partial charge in [-0.1, -0.05) is 0 Å². The second-order valence-corrected chi connectivity index (χ2v) is 7.41. The van der Waals surface area contributed by atoms with E-state index in [4.69, 9.17) is 29.8 Å². The first-order valence-corrected chi connectivity index (χ1v) is 7.22. The van der Waals surface area contributed by atoms with E-state index in [1.165, 1.54) is 0 Å². The van der Waals surface area contributed by atoms with Gasteiger partial charge in [-0.15, -0.1) is 0 Å². The van der Waals surface area contributed by atoms with Gasteiger partial charge in [0.15, 0.2) is 0 Å². The van der Waals surface area contributed by atoms with Gasteiger partial charge in [0.25, 0.3) is 5.08 Å². The first kappa shape index (κ1) is 16.2. The Morgan fingerprint density at radius 1 is 1.19 bits per heavy atom. The molecule has 0 saturated carbocycles. The summed E-state index contributed by atoms with van der Waals surface area (Å²) in [6.45, 7) is -1.04. The molecule has 1 unspecified atom stereocenters. The summed E-state index contributed by atoms with van der Waals surface area (Å²) >= 11 is 0. The standard InChI is InChI=1S/C5H14O9P2/c1-5(15(8,9)10,16(11,12)13)14-3-4(7)2-6/h4,6-7H,2-3H2,1H3,(H2,8,9,10)(H2,11,12,13). The first-order chi connectivity index (χ1) is 6.95. The van der Waals surface area contributed by atoms with Crippen LogP contribution in [0.5, 0.6) is 0 Å². The zero-order valence-electron chi connectivity index (χ0n) is 8.29. The predicted octanol–water partition coefficient (Wildman–Crippen LogP) is -1.61. The number of aliphatic hydroxyl groups is 2. The van der Waals surface area contributed by atoms with Crippen molar-refractivity contribution in [3.63, 3.8) is 0 Å². The summed E-state index contributed by atoms with van der Waals surface area (Å²) in [6, 6.07) is 0. The van der Waals surface area contributed by atoms with Gasteiger partial charge in [-0.2, -0.15) is 0 Å². The molecule has 11 heteroatoms. The topological polar surface area (TPSA) is 165 Å².